The third kappa shape index (κ3) is 5.00. The summed E-state index contributed by atoms with van der Waals surface area (Å²) in [6.45, 7) is 0. The highest BCUT2D eigenvalue weighted by Crippen LogP contribution is 2.26. The summed E-state index contributed by atoms with van der Waals surface area (Å²) in [5.41, 5.74) is 3.55. The van der Waals surface area contributed by atoms with Gasteiger partial charge < -0.3 is 0 Å². The van der Waals surface area contributed by atoms with Gasteiger partial charge in [-0.05, 0) is 47.7 Å². The Bertz CT molecular complexity index is 1020. The minimum absolute atomic E-state index is 0.0447. The van der Waals surface area contributed by atoms with Gasteiger partial charge in [0.25, 0.3) is 10.0 Å². The van der Waals surface area contributed by atoms with Gasteiger partial charge in [-0.2, -0.15) is 5.26 Å². The number of hydrogen-bond donors (Lipinski definition) is 1. The van der Waals surface area contributed by atoms with E-state index >= 15 is 0 Å². The number of aryl methyl sites for hydroxylation is 1. The Hall–Kier alpha value is -2.56. The summed E-state index contributed by atoms with van der Waals surface area (Å²) in [5, 5.41) is 8.78. The Morgan fingerprint density at radius 2 is 1.85 bits per heavy atom. The van der Waals surface area contributed by atoms with Crippen LogP contribution in [0, 0.1) is 11.3 Å². The zero-order chi connectivity index (χ0) is 19.3. The van der Waals surface area contributed by atoms with Crippen molar-refractivity contribution in [3.8, 4) is 6.07 Å². The number of benzene rings is 2. The minimum Gasteiger partial charge on any atom is -0.273 e. The molecule has 0 heterocycles. The molecule has 1 N–H and O–H groups in total. The predicted molar refractivity (Wildman–Crippen MR) is 107 cm³/mol. The summed E-state index contributed by atoms with van der Waals surface area (Å²) in [6.07, 6.45) is 2.67. The molecule has 0 fully saturated rings. The van der Waals surface area contributed by atoms with Crippen LogP contribution < -0.4 is 4.72 Å². The number of carbonyl (C=O) groups is 1. The monoisotopic (exact) mass is 398 g/mol. The van der Waals surface area contributed by atoms with Crippen molar-refractivity contribution in [1.29, 1.82) is 5.26 Å². The molecule has 2 aromatic rings. The molecule has 0 spiro atoms. The maximum atomic E-state index is 12.5. The van der Waals surface area contributed by atoms with E-state index in [1.807, 2.05) is 42.5 Å². The summed E-state index contributed by atoms with van der Waals surface area (Å²) < 4.78 is 27.1. The molecule has 1 aliphatic carbocycles. The van der Waals surface area contributed by atoms with Crippen molar-refractivity contribution in [3.05, 3.63) is 75.7 Å². The lowest BCUT2D eigenvalue weighted by molar-refractivity contribution is -0.116. The summed E-state index contributed by atoms with van der Waals surface area (Å²) in [4.78, 5) is 12.3. The Balaban J connectivity index is 1.55. The molecule has 7 heteroatoms. The van der Waals surface area contributed by atoms with Gasteiger partial charge in [-0.3, -0.25) is 4.79 Å². The first kappa shape index (κ1) is 19.2. The highest BCUT2D eigenvalue weighted by Gasteiger charge is 2.23. The number of amides is 1. The zero-order valence-electron chi connectivity index (χ0n) is 14.5. The first-order valence-electron chi connectivity index (χ1n) is 8.39. The lowest BCUT2D eigenvalue weighted by atomic mass is 9.98. The average Bonchev–Trinajstić information content (AvgIpc) is 2.67. The van der Waals surface area contributed by atoms with E-state index in [1.54, 1.807) is 18.2 Å². The summed E-state index contributed by atoms with van der Waals surface area (Å²) in [5.74, 6) is 0.0756. The molecule has 138 valence electrons. The second-order valence-corrected chi connectivity index (χ2v) is 8.86. The van der Waals surface area contributed by atoms with Gasteiger partial charge in [0.1, 0.15) is 0 Å². The second-order valence-electron chi connectivity index (χ2n) is 6.14. The van der Waals surface area contributed by atoms with Gasteiger partial charge in [-0.15, -0.1) is 11.8 Å². The molecule has 0 radical (unpaired) electrons. The van der Waals surface area contributed by atoms with Crippen LogP contribution in [0.15, 0.2) is 53.4 Å². The highest BCUT2D eigenvalue weighted by atomic mass is 32.2. The standard InChI is InChI=1S/C20H18N2O3S2/c21-12-15-5-7-16(8-6-15)13-26-14-20(23)22-27(24,25)19-10-9-17-3-1-2-4-18(17)11-19/h1-8,11H,9-10,13-14H2,(H,22,23). The van der Waals surface area contributed by atoms with Gasteiger partial charge >= 0.3 is 0 Å². The normalized spacial score (nSPS) is 13.2. The smallest absolute Gasteiger partial charge is 0.260 e. The zero-order valence-corrected chi connectivity index (χ0v) is 16.1. The first-order valence-corrected chi connectivity index (χ1v) is 11.0. The third-order valence-electron chi connectivity index (χ3n) is 4.19. The largest absolute Gasteiger partial charge is 0.273 e. The number of hydrogen-bond acceptors (Lipinski definition) is 5. The Morgan fingerprint density at radius 3 is 2.59 bits per heavy atom. The van der Waals surface area contributed by atoms with Crippen LogP contribution in [0.4, 0.5) is 0 Å². The van der Waals surface area contributed by atoms with Crippen LogP contribution in [0.25, 0.3) is 6.08 Å². The van der Waals surface area contributed by atoms with Gasteiger partial charge in [0.15, 0.2) is 0 Å². The molecule has 0 atom stereocenters. The van der Waals surface area contributed by atoms with Gasteiger partial charge in [0.05, 0.1) is 22.3 Å². The van der Waals surface area contributed by atoms with E-state index in [0.29, 0.717) is 24.2 Å². The van der Waals surface area contributed by atoms with Crippen molar-refractivity contribution in [2.45, 2.75) is 18.6 Å². The van der Waals surface area contributed by atoms with Crippen molar-refractivity contribution in [1.82, 2.24) is 4.72 Å². The van der Waals surface area contributed by atoms with Crippen molar-refractivity contribution < 1.29 is 13.2 Å². The molecule has 1 amide bonds. The number of rotatable bonds is 6. The van der Waals surface area contributed by atoms with E-state index in [2.05, 4.69) is 4.72 Å². The SMILES string of the molecule is N#Cc1ccc(CSCC(=O)NS(=O)(=O)C2=Cc3ccccc3CC2)cc1. The van der Waals surface area contributed by atoms with Crippen molar-refractivity contribution in [3.63, 3.8) is 0 Å². The molecule has 0 saturated heterocycles. The van der Waals surface area contributed by atoms with Crippen LogP contribution in [0.2, 0.25) is 0 Å². The number of nitriles is 1. The topological polar surface area (TPSA) is 87.0 Å². The van der Waals surface area contributed by atoms with E-state index in [0.717, 1.165) is 16.7 Å². The maximum absolute atomic E-state index is 12.5. The number of nitrogens with one attached hydrogen (secondary N) is 1. The molecule has 0 saturated carbocycles. The Labute approximate surface area is 163 Å². The molecule has 5 nitrogen and oxygen atoms in total. The molecule has 0 bridgehead atoms. The molecule has 0 unspecified atom stereocenters. The Morgan fingerprint density at radius 1 is 1.11 bits per heavy atom. The van der Waals surface area contributed by atoms with Crippen molar-refractivity contribution in [2.24, 2.45) is 0 Å². The van der Waals surface area contributed by atoms with Crippen LogP contribution in [0.3, 0.4) is 0 Å². The fourth-order valence-corrected chi connectivity index (χ4v) is 4.84. The summed E-state index contributed by atoms with van der Waals surface area (Å²) in [7, 11) is -3.82. The Kier molecular flexibility index (Phi) is 5.99. The van der Waals surface area contributed by atoms with Gasteiger partial charge in [0, 0.05) is 5.75 Å². The van der Waals surface area contributed by atoms with Crippen molar-refractivity contribution >= 4 is 33.8 Å². The number of carbonyl (C=O) groups excluding carboxylic acids is 1. The molecule has 27 heavy (non-hydrogen) atoms. The predicted octanol–water partition coefficient (Wildman–Crippen LogP) is 3.22. The number of thioether (sulfide) groups is 1. The second kappa shape index (κ2) is 8.42. The number of fused-ring (bicyclic) bond motifs is 1. The third-order valence-corrected chi connectivity index (χ3v) is 6.70. The van der Waals surface area contributed by atoms with E-state index in [1.165, 1.54) is 11.8 Å². The van der Waals surface area contributed by atoms with Crippen LogP contribution in [-0.4, -0.2) is 20.1 Å². The highest BCUT2D eigenvalue weighted by molar-refractivity contribution is 7.99. The molecule has 1 aliphatic rings. The molecule has 0 aromatic heterocycles. The average molecular weight is 399 g/mol. The van der Waals surface area contributed by atoms with Crippen LogP contribution in [-0.2, 0) is 27.0 Å². The van der Waals surface area contributed by atoms with Gasteiger partial charge in [-0.1, -0.05) is 36.4 Å². The summed E-state index contributed by atoms with van der Waals surface area (Å²) in [6, 6.07) is 16.8. The van der Waals surface area contributed by atoms with E-state index in [9.17, 15) is 13.2 Å². The number of sulfonamides is 1. The van der Waals surface area contributed by atoms with Crippen molar-refractivity contribution in [2.75, 3.05) is 5.75 Å². The van der Waals surface area contributed by atoms with E-state index in [-0.39, 0.29) is 10.7 Å². The number of nitrogens with zero attached hydrogens (tertiary/aromatic N) is 1. The minimum atomic E-state index is -3.82. The van der Waals surface area contributed by atoms with Gasteiger partial charge in [-0.25, -0.2) is 13.1 Å². The maximum Gasteiger partial charge on any atom is 0.260 e. The van der Waals surface area contributed by atoms with E-state index < -0.39 is 15.9 Å². The molecule has 3 rings (SSSR count). The van der Waals surface area contributed by atoms with Crippen LogP contribution in [0.1, 0.15) is 28.7 Å². The van der Waals surface area contributed by atoms with Gasteiger partial charge in [0.2, 0.25) is 5.91 Å². The van der Waals surface area contributed by atoms with Crippen LogP contribution >= 0.6 is 11.8 Å². The lowest BCUT2D eigenvalue weighted by Crippen LogP contribution is -2.33. The fourth-order valence-electron chi connectivity index (χ4n) is 2.80. The number of allylic oxidation sites excluding steroid dienone is 1. The first-order chi connectivity index (χ1) is 13.0. The molecule has 0 aliphatic heterocycles. The van der Waals surface area contributed by atoms with Crippen LogP contribution in [0.5, 0.6) is 0 Å². The summed E-state index contributed by atoms with van der Waals surface area (Å²) >= 11 is 1.32. The quantitative estimate of drug-likeness (QED) is 0.807. The molecular formula is C20H18N2O3S2. The van der Waals surface area contributed by atoms with E-state index in [4.69, 9.17) is 5.26 Å². The fraction of sp³-hybridized carbons (Fsp3) is 0.200. The molecule has 2 aromatic carbocycles. The lowest BCUT2D eigenvalue weighted by Gasteiger charge is -2.17. The molecular weight excluding hydrogens is 380 g/mol.